The van der Waals surface area contributed by atoms with Crippen LogP contribution in [0.25, 0.3) is 0 Å². The molecule has 0 fully saturated rings. The average molecular weight is 217 g/mol. The Balaban J connectivity index is 3.46. The first-order valence-corrected chi connectivity index (χ1v) is 6.06. The van der Waals surface area contributed by atoms with Crippen molar-refractivity contribution in [1.82, 2.24) is 5.32 Å². The van der Waals surface area contributed by atoms with E-state index in [4.69, 9.17) is 0 Å². The number of ether oxygens (including phenoxy) is 1. The van der Waals surface area contributed by atoms with Crippen LogP contribution in [0.3, 0.4) is 0 Å². The quantitative estimate of drug-likeness (QED) is 0.398. The number of thioether (sulfide) groups is 1. The average Bonchev–Trinajstić information content (AvgIpc) is 2.21. The minimum Gasteiger partial charge on any atom is -0.466 e. The molecule has 0 aromatic heterocycles. The number of methoxy groups -OCH3 is 1. The van der Waals surface area contributed by atoms with Gasteiger partial charge in [0.05, 0.1) is 7.11 Å². The Labute approximate surface area is 90.3 Å². The number of esters is 1. The molecule has 0 bridgehead atoms. The highest BCUT2D eigenvalue weighted by Crippen LogP contribution is 1.95. The molecule has 0 heterocycles. The van der Waals surface area contributed by atoms with Crippen LogP contribution in [0.2, 0.25) is 0 Å². The third-order valence-electron chi connectivity index (χ3n) is 1.76. The van der Waals surface area contributed by atoms with E-state index in [0.29, 0.717) is 5.57 Å². The molecule has 0 rings (SSSR count). The molecule has 0 saturated heterocycles. The number of nitrogens with one attached hydrogen (secondary N) is 1. The fourth-order valence-corrected chi connectivity index (χ4v) is 1.35. The lowest BCUT2D eigenvalue weighted by molar-refractivity contribution is -0.136. The summed E-state index contributed by atoms with van der Waals surface area (Å²) >= 11 is 1.84. The number of hydrogen-bond donors (Lipinski definition) is 1. The van der Waals surface area contributed by atoms with Crippen LogP contribution in [0.5, 0.6) is 0 Å². The van der Waals surface area contributed by atoms with Crippen molar-refractivity contribution in [1.29, 1.82) is 0 Å². The Bertz CT molecular complexity index is 193. The van der Waals surface area contributed by atoms with Crippen LogP contribution in [0.15, 0.2) is 11.6 Å². The molecule has 0 spiro atoms. The van der Waals surface area contributed by atoms with Crippen molar-refractivity contribution in [3.63, 3.8) is 0 Å². The van der Waals surface area contributed by atoms with Gasteiger partial charge in [0.2, 0.25) is 0 Å². The lowest BCUT2D eigenvalue weighted by Gasteiger charge is -2.01. The standard InChI is InChI=1S/C10H19NO2S/c1-9(10(12)13-2)5-7-11-6-4-8-14-3/h5,11H,4,6-8H2,1-3H3. The summed E-state index contributed by atoms with van der Waals surface area (Å²) in [6, 6.07) is 0. The van der Waals surface area contributed by atoms with Gasteiger partial charge in [-0.25, -0.2) is 4.79 Å². The summed E-state index contributed by atoms with van der Waals surface area (Å²) in [5.74, 6) is 0.920. The molecule has 0 aliphatic rings. The fourth-order valence-electron chi connectivity index (χ4n) is 0.913. The van der Waals surface area contributed by atoms with Crippen molar-refractivity contribution in [2.24, 2.45) is 0 Å². The van der Waals surface area contributed by atoms with Crippen molar-refractivity contribution in [2.45, 2.75) is 13.3 Å². The maximum atomic E-state index is 11.0. The van der Waals surface area contributed by atoms with Gasteiger partial charge >= 0.3 is 5.97 Å². The van der Waals surface area contributed by atoms with Gasteiger partial charge in [-0.05, 0) is 31.9 Å². The third-order valence-corrected chi connectivity index (χ3v) is 2.46. The molecule has 0 atom stereocenters. The Morgan fingerprint density at radius 1 is 1.57 bits per heavy atom. The molecule has 0 saturated carbocycles. The highest BCUT2D eigenvalue weighted by molar-refractivity contribution is 7.98. The van der Waals surface area contributed by atoms with E-state index in [1.807, 2.05) is 17.8 Å². The van der Waals surface area contributed by atoms with Crippen LogP contribution in [-0.4, -0.2) is 38.2 Å². The molecule has 4 heteroatoms. The largest absolute Gasteiger partial charge is 0.466 e. The summed E-state index contributed by atoms with van der Waals surface area (Å²) in [5.41, 5.74) is 0.657. The molecule has 3 nitrogen and oxygen atoms in total. The van der Waals surface area contributed by atoms with Crippen molar-refractivity contribution in [3.8, 4) is 0 Å². The monoisotopic (exact) mass is 217 g/mol. The molecular weight excluding hydrogens is 198 g/mol. The minimum absolute atomic E-state index is 0.254. The highest BCUT2D eigenvalue weighted by atomic mass is 32.2. The van der Waals surface area contributed by atoms with Gasteiger partial charge in [-0.3, -0.25) is 0 Å². The predicted octanol–water partition coefficient (Wildman–Crippen LogP) is 1.45. The topological polar surface area (TPSA) is 38.3 Å². The van der Waals surface area contributed by atoms with Gasteiger partial charge in [0, 0.05) is 12.1 Å². The summed E-state index contributed by atoms with van der Waals surface area (Å²) in [4.78, 5) is 11.0. The zero-order valence-corrected chi connectivity index (χ0v) is 9.95. The van der Waals surface area contributed by atoms with Crippen molar-refractivity contribution in [3.05, 3.63) is 11.6 Å². The summed E-state index contributed by atoms with van der Waals surface area (Å²) in [7, 11) is 1.39. The summed E-state index contributed by atoms with van der Waals surface area (Å²) in [6.45, 7) is 3.48. The van der Waals surface area contributed by atoms with Gasteiger partial charge in [0.25, 0.3) is 0 Å². The lowest BCUT2D eigenvalue weighted by Crippen LogP contribution is -2.16. The van der Waals surface area contributed by atoms with Gasteiger partial charge < -0.3 is 10.1 Å². The van der Waals surface area contributed by atoms with Crippen LogP contribution >= 0.6 is 11.8 Å². The second kappa shape index (κ2) is 9.09. The van der Waals surface area contributed by atoms with Crippen molar-refractivity contribution >= 4 is 17.7 Å². The predicted molar refractivity (Wildman–Crippen MR) is 61.6 cm³/mol. The summed E-state index contributed by atoms with van der Waals surface area (Å²) in [6.07, 6.45) is 5.11. The van der Waals surface area contributed by atoms with Crippen molar-refractivity contribution < 1.29 is 9.53 Å². The normalized spacial score (nSPS) is 11.5. The van der Waals surface area contributed by atoms with Crippen molar-refractivity contribution in [2.75, 3.05) is 32.2 Å². The van der Waals surface area contributed by atoms with Crippen LogP contribution in [0, 0.1) is 0 Å². The molecule has 1 N–H and O–H groups in total. The molecule has 0 amide bonds. The third kappa shape index (κ3) is 6.97. The van der Waals surface area contributed by atoms with E-state index >= 15 is 0 Å². The highest BCUT2D eigenvalue weighted by Gasteiger charge is 2.00. The van der Waals surface area contributed by atoms with E-state index in [2.05, 4.69) is 16.3 Å². The maximum Gasteiger partial charge on any atom is 0.333 e. The van der Waals surface area contributed by atoms with Crippen LogP contribution < -0.4 is 5.32 Å². The molecule has 0 aliphatic carbocycles. The van der Waals surface area contributed by atoms with Gasteiger partial charge in [0.15, 0.2) is 0 Å². The van der Waals surface area contributed by atoms with E-state index in [-0.39, 0.29) is 5.97 Å². The van der Waals surface area contributed by atoms with E-state index in [1.165, 1.54) is 12.9 Å². The summed E-state index contributed by atoms with van der Waals surface area (Å²) < 4.78 is 4.57. The molecular formula is C10H19NO2S. The van der Waals surface area contributed by atoms with E-state index < -0.39 is 0 Å². The number of hydrogen-bond acceptors (Lipinski definition) is 4. The first-order chi connectivity index (χ1) is 6.72. The summed E-state index contributed by atoms with van der Waals surface area (Å²) in [5, 5.41) is 3.23. The molecule has 0 aromatic carbocycles. The zero-order valence-electron chi connectivity index (χ0n) is 9.13. The SMILES string of the molecule is COC(=O)C(C)=CCNCCCSC. The van der Waals surface area contributed by atoms with Crippen LogP contribution in [0.4, 0.5) is 0 Å². The second-order valence-corrected chi connectivity index (χ2v) is 3.91. The van der Waals surface area contributed by atoms with E-state index in [1.54, 1.807) is 6.92 Å². The first kappa shape index (κ1) is 13.5. The minimum atomic E-state index is -0.254. The molecule has 0 radical (unpaired) electrons. The fraction of sp³-hybridized carbons (Fsp3) is 0.700. The Morgan fingerprint density at radius 3 is 2.86 bits per heavy atom. The van der Waals surface area contributed by atoms with Gasteiger partial charge in [-0.2, -0.15) is 11.8 Å². The first-order valence-electron chi connectivity index (χ1n) is 4.67. The van der Waals surface area contributed by atoms with Gasteiger partial charge in [-0.1, -0.05) is 6.08 Å². The van der Waals surface area contributed by atoms with Gasteiger partial charge in [-0.15, -0.1) is 0 Å². The van der Waals surface area contributed by atoms with Gasteiger partial charge in [0.1, 0.15) is 0 Å². The Hall–Kier alpha value is -0.480. The maximum absolute atomic E-state index is 11.0. The van der Waals surface area contributed by atoms with Crippen LogP contribution in [-0.2, 0) is 9.53 Å². The Morgan fingerprint density at radius 2 is 2.29 bits per heavy atom. The molecule has 0 aromatic rings. The van der Waals surface area contributed by atoms with Crippen LogP contribution in [0.1, 0.15) is 13.3 Å². The second-order valence-electron chi connectivity index (χ2n) is 2.93. The van der Waals surface area contributed by atoms with E-state index in [0.717, 1.165) is 19.5 Å². The smallest absolute Gasteiger partial charge is 0.333 e. The molecule has 0 unspecified atom stereocenters. The lowest BCUT2D eigenvalue weighted by atomic mass is 10.3. The number of carbonyl (C=O) groups excluding carboxylic acids is 1. The zero-order chi connectivity index (χ0) is 10.8. The number of rotatable bonds is 7. The molecule has 82 valence electrons. The Kier molecular flexibility index (Phi) is 8.78. The molecule has 0 aliphatic heterocycles. The van der Waals surface area contributed by atoms with E-state index in [9.17, 15) is 4.79 Å². The molecule has 14 heavy (non-hydrogen) atoms. The number of carbonyl (C=O) groups is 1.